The molecule has 0 bridgehead atoms. The molecule has 15 heavy (non-hydrogen) atoms. The van der Waals surface area contributed by atoms with Gasteiger partial charge in [-0.3, -0.25) is 0 Å². The van der Waals surface area contributed by atoms with E-state index < -0.39 is 0 Å². The van der Waals surface area contributed by atoms with Gasteiger partial charge in [-0.1, -0.05) is 42.0 Å². The van der Waals surface area contributed by atoms with Crippen LogP contribution in [0, 0.1) is 0 Å². The Balaban J connectivity index is 1.90. The zero-order valence-electron chi connectivity index (χ0n) is 9.24. The molecule has 2 rings (SSSR count). The molecule has 1 N–H and O–H groups in total. The maximum absolute atomic E-state index is 9.72. The maximum atomic E-state index is 9.72. The molecule has 1 fully saturated rings. The van der Waals surface area contributed by atoms with Gasteiger partial charge in [0.15, 0.2) is 0 Å². The summed E-state index contributed by atoms with van der Waals surface area (Å²) in [5.74, 6) is 0. The molecule has 1 nitrogen and oxygen atoms in total. The van der Waals surface area contributed by atoms with E-state index in [0.717, 1.165) is 25.7 Å². The molecule has 0 aliphatic heterocycles. The summed E-state index contributed by atoms with van der Waals surface area (Å²) in [6.45, 7) is 2.14. The summed E-state index contributed by atoms with van der Waals surface area (Å²) < 4.78 is 0. The molecule has 0 aromatic heterocycles. The van der Waals surface area contributed by atoms with Crippen LogP contribution in [0.5, 0.6) is 0 Å². The van der Waals surface area contributed by atoms with Gasteiger partial charge in [0.05, 0.1) is 5.60 Å². The van der Waals surface area contributed by atoms with E-state index in [9.17, 15) is 5.11 Å². The highest BCUT2D eigenvalue weighted by molar-refractivity contribution is 5.51. The monoisotopic (exact) mass is 202 g/mol. The van der Waals surface area contributed by atoms with E-state index in [-0.39, 0.29) is 5.60 Å². The van der Waals surface area contributed by atoms with Gasteiger partial charge in [0.25, 0.3) is 0 Å². The Bertz CT molecular complexity index is 347. The van der Waals surface area contributed by atoms with Crippen molar-refractivity contribution < 1.29 is 5.11 Å². The second-order valence-corrected chi connectivity index (χ2v) is 4.63. The van der Waals surface area contributed by atoms with Crippen molar-refractivity contribution in [3.63, 3.8) is 0 Å². The first-order valence-corrected chi connectivity index (χ1v) is 5.63. The van der Waals surface area contributed by atoms with Crippen molar-refractivity contribution in [3.8, 4) is 0 Å². The minimum absolute atomic E-state index is 0.314. The summed E-state index contributed by atoms with van der Waals surface area (Å²) in [5.41, 5.74) is 2.28. The molecular weight excluding hydrogens is 184 g/mol. The van der Waals surface area contributed by atoms with Gasteiger partial charge in [0, 0.05) is 0 Å². The Morgan fingerprint density at radius 2 is 2.00 bits per heavy atom. The van der Waals surface area contributed by atoms with Crippen molar-refractivity contribution in [2.75, 3.05) is 0 Å². The highest BCUT2D eigenvalue weighted by atomic mass is 16.3. The summed E-state index contributed by atoms with van der Waals surface area (Å²) >= 11 is 0. The molecule has 1 aromatic carbocycles. The lowest BCUT2D eigenvalue weighted by Crippen LogP contribution is -2.05. The molecule has 1 aliphatic rings. The van der Waals surface area contributed by atoms with Crippen molar-refractivity contribution >= 4 is 6.08 Å². The van der Waals surface area contributed by atoms with Crippen LogP contribution in [0.1, 0.15) is 38.2 Å². The summed E-state index contributed by atoms with van der Waals surface area (Å²) in [4.78, 5) is 0. The van der Waals surface area contributed by atoms with Crippen LogP contribution in [-0.2, 0) is 0 Å². The molecule has 0 spiro atoms. The van der Waals surface area contributed by atoms with Gasteiger partial charge in [-0.15, -0.1) is 0 Å². The Morgan fingerprint density at radius 3 is 2.60 bits per heavy atom. The Hall–Kier alpha value is -1.08. The topological polar surface area (TPSA) is 20.2 Å². The van der Waals surface area contributed by atoms with Gasteiger partial charge in [-0.25, -0.2) is 0 Å². The van der Waals surface area contributed by atoms with Crippen molar-refractivity contribution in [2.24, 2.45) is 0 Å². The predicted molar refractivity (Wildman–Crippen MR) is 63.5 cm³/mol. The SMILES string of the molecule is C/C(=C\c1ccccc1)CCC1(O)CC1. The molecule has 0 saturated heterocycles. The van der Waals surface area contributed by atoms with Gasteiger partial charge in [-0.05, 0) is 38.2 Å². The third-order valence-electron chi connectivity index (χ3n) is 3.02. The first-order chi connectivity index (χ1) is 7.18. The van der Waals surface area contributed by atoms with Crippen LogP contribution in [0.2, 0.25) is 0 Å². The van der Waals surface area contributed by atoms with Crippen molar-refractivity contribution in [1.29, 1.82) is 0 Å². The molecule has 1 aliphatic carbocycles. The first kappa shape index (κ1) is 10.4. The van der Waals surface area contributed by atoms with Gasteiger partial charge in [-0.2, -0.15) is 0 Å². The van der Waals surface area contributed by atoms with Crippen LogP contribution in [0.25, 0.3) is 6.08 Å². The Labute approximate surface area is 91.4 Å². The molecule has 0 atom stereocenters. The smallest absolute Gasteiger partial charge is 0.0653 e. The summed E-state index contributed by atoms with van der Waals surface area (Å²) in [6, 6.07) is 10.3. The molecule has 1 heteroatoms. The molecular formula is C14H18O. The van der Waals surface area contributed by atoms with Crippen LogP contribution >= 0.6 is 0 Å². The van der Waals surface area contributed by atoms with Crippen molar-refractivity contribution in [2.45, 2.75) is 38.2 Å². The third kappa shape index (κ3) is 3.21. The standard InChI is InChI=1S/C14H18O/c1-12(7-8-14(15)9-10-14)11-13-5-3-2-4-6-13/h2-6,11,15H,7-10H2,1H3/b12-11+. The number of rotatable bonds is 4. The molecule has 0 amide bonds. The molecule has 1 saturated carbocycles. The average Bonchev–Trinajstić information content (AvgIpc) is 2.96. The van der Waals surface area contributed by atoms with E-state index in [1.807, 2.05) is 18.2 Å². The fourth-order valence-corrected chi connectivity index (χ4v) is 1.73. The Kier molecular flexibility index (Phi) is 2.92. The van der Waals surface area contributed by atoms with E-state index in [1.165, 1.54) is 11.1 Å². The van der Waals surface area contributed by atoms with Crippen molar-refractivity contribution in [1.82, 2.24) is 0 Å². The van der Waals surface area contributed by atoms with Crippen LogP contribution in [-0.4, -0.2) is 10.7 Å². The highest BCUT2D eigenvalue weighted by Crippen LogP contribution is 2.40. The molecule has 0 heterocycles. The second-order valence-electron chi connectivity index (χ2n) is 4.63. The normalized spacial score (nSPS) is 18.9. The first-order valence-electron chi connectivity index (χ1n) is 5.63. The van der Waals surface area contributed by atoms with E-state index in [1.54, 1.807) is 0 Å². The fourth-order valence-electron chi connectivity index (χ4n) is 1.73. The van der Waals surface area contributed by atoms with E-state index in [0.29, 0.717) is 0 Å². The quantitative estimate of drug-likeness (QED) is 0.793. The van der Waals surface area contributed by atoms with Crippen LogP contribution in [0.15, 0.2) is 35.9 Å². The lowest BCUT2D eigenvalue weighted by atomic mass is 10.0. The van der Waals surface area contributed by atoms with Crippen LogP contribution < -0.4 is 0 Å². The minimum atomic E-state index is -0.314. The van der Waals surface area contributed by atoms with Crippen LogP contribution in [0.4, 0.5) is 0 Å². The van der Waals surface area contributed by atoms with Gasteiger partial charge in [0.2, 0.25) is 0 Å². The third-order valence-corrected chi connectivity index (χ3v) is 3.02. The lowest BCUT2D eigenvalue weighted by Gasteiger charge is -2.07. The highest BCUT2D eigenvalue weighted by Gasteiger charge is 2.39. The molecule has 1 aromatic rings. The minimum Gasteiger partial charge on any atom is -0.390 e. The van der Waals surface area contributed by atoms with Gasteiger partial charge in [0.1, 0.15) is 0 Å². The predicted octanol–water partition coefficient (Wildman–Crippen LogP) is 3.40. The zero-order chi connectivity index (χ0) is 10.7. The van der Waals surface area contributed by atoms with Crippen molar-refractivity contribution in [3.05, 3.63) is 41.5 Å². The Morgan fingerprint density at radius 1 is 1.33 bits per heavy atom. The number of aliphatic hydroxyl groups is 1. The molecule has 0 unspecified atom stereocenters. The summed E-state index contributed by atoms with van der Waals surface area (Å²) in [7, 11) is 0. The largest absolute Gasteiger partial charge is 0.390 e. The summed E-state index contributed by atoms with van der Waals surface area (Å²) in [6.07, 6.45) is 6.11. The van der Waals surface area contributed by atoms with Gasteiger partial charge < -0.3 is 5.11 Å². The fraction of sp³-hybridized carbons (Fsp3) is 0.429. The zero-order valence-corrected chi connectivity index (χ0v) is 9.24. The lowest BCUT2D eigenvalue weighted by molar-refractivity contribution is 0.140. The summed E-state index contributed by atoms with van der Waals surface area (Å²) in [5, 5.41) is 9.72. The maximum Gasteiger partial charge on any atom is 0.0653 e. The average molecular weight is 202 g/mol. The molecule has 80 valence electrons. The van der Waals surface area contributed by atoms with Gasteiger partial charge >= 0.3 is 0 Å². The van der Waals surface area contributed by atoms with E-state index in [2.05, 4.69) is 25.1 Å². The van der Waals surface area contributed by atoms with E-state index in [4.69, 9.17) is 0 Å². The van der Waals surface area contributed by atoms with E-state index >= 15 is 0 Å². The second kappa shape index (κ2) is 4.19. The number of hydrogen-bond donors (Lipinski definition) is 1. The number of allylic oxidation sites excluding steroid dienone is 1. The van der Waals surface area contributed by atoms with Crippen LogP contribution in [0.3, 0.4) is 0 Å². The number of hydrogen-bond acceptors (Lipinski definition) is 1. The molecule has 0 radical (unpaired) electrons. The number of benzene rings is 1.